The fourth-order valence-corrected chi connectivity index (χ4v) is 1.94. The van der Waals surface area contributed by atoms with E-state index in [1.165, 1.54) is 0 Å². The van der Waals surface area contributed by atoms with Gasteiger partial charge in [0.05, 0.1) is 5.02 Å². The Morgan fingerprint density at radius 3 is 3.00 bits per heavy atom. The van der Waals surface area contributed by atoms with Gasteiger partial charge in [-0.05, 0) is 25.6 Å². The number of rotatable bonds is 2. The van der Waals surface area contributed by atoms with Gasteiger partial charge in [0.2, 0.25) is 0 Å². The van der Waals surface area contributed by atoms with Crippen molar-refractivity contribution in [3.63, 3.8) is 0 Å². The summed E-state index contributed by atoms with van der Waals surface area (Å²) in [6.45, 7) is 2.02. The zero-order chi connectivity index (χ0) is 10.8. The Hall–Kier alpha value is -0.930. The molecule has 15 heavy (non-hydrogen) atoms. The third-order valence-electron chi connectivity index (χ3n) is 2.60. The number of anilines is 1. The van der Waals surface area contributed by atoms with Crippen LogP contribution in [0.15, 0.2) is 18.2 Å². The van der Waals surface area contributed by atoms with Gasteiger partial charge in [0.1, 0.15) is 11.9 Å². The number of halogens is 1. The lowest BCUT2D eigenvalue weighted by molar-refractivity contribution is 0.208. The van der Waals surface area contributed by atoms with Gasteiger partial charge in [-0.25, -0.2) is 0 Å². The lowest BCUT2D eigenvalue weighted by Crippen LogP contribution is -2.21. The molecule has 0 aliphatic carbocycles. The molecule has 4 heteroatoms. The minimum absolute atomic E-state index is 0.231. The maximum atomic E-state index is 6.02. The molecule has 1 aliphatic heterocycles. The standard InChI is InChI=1S/C11H15ClN2O/c1-14-5-4-9(7-14)15-11-6-8(13)2-3-10(11)12/h2-3,6,9H,4-5,7,13H2,1H3/t9-/m1/s1. The molecule has 1 saturated heterocycles. The molecule has 2 N–H and O–H groups in total. The van der Waals surface area contributed by atoms with Gasteiger partial charge in [0.25, 0.3) is 0 Å². The highest BCUT2D eigenvalue weighted by molar-refractivity contribution is 6.32. The summed E-state index contributed by atoms with van der Waals surface area (Å²) in [5, 5.41) is 0.624. The summed E-state index contributed by atoms with van der Waals surface area (Å²) >= 11 is 6.02. The van der Waals surface area contributed by atoms with Crippen LogP contribution >= 0.6 is 11.6 Å². The van der Waals surface area contributed by atoms with E-state index in [1.54, 1.807) is 18.2 Å². The number of hydrogen-bond acceptors (Lipinski definition) is 3. The largest absolute Gasteiger partial charge is 0.487 e. The Morgan fingerprint density at radius 1 is 1.53 bits per heavy atom. The molecule has 1 fully saturated rings. The van der Waals surface area contributed by atoms with Crippen LogP contribution in [-0.4, -0.2) is 31.1 Å². The van der Waals surface area contributed by atoms with Gasteiger partial charge in [0, 0.05) is 24.8 Å². The molecule has 1 aliphatic rings. The Morgan fingerprint density at radius 2 is 2.33 bits per heavy atom. The Kier molecular flexibility index (Phi) is 3.03. The molecule has 0 radical (unpaired) electrons. The summed E-state index contributed by atoms with van der Waals surface area (Å²) in [7, 11) is 2.09. The zero-order valence-electron chi connectivity index (χ0n) is 8.74. The molecular formula is C11H15ClN2O. The van der Waals surface area contributed by atoms with Crippen LogP contribution < -0.4 is 10.5 Å². The van der Waals surface area contributed by atoms with Crippen molar-refractivity contribution in [1.29, 1.82) is 0 Å². The molecule has 0 spiro atoms. The normalized spacial score (nSPS) is 21.9. The number of hydrogen-bond donors (Lipinski definition) is 1. The van der Waals surface area contributed by atoms with E-state index in [0.717, 1.165) is 19.5 Å². The molecule has 1 aromatic carbocycles. The van der Waals surface area contributed by atoms with Crippen LogP contribution in [0.1, 0.15) is 6.42 Å². The third-order valence-corrected chi connectivity index (χ3v) is 2.91. The average Bonchev–Trinajstić information content (AvgIpc) is 2.58. The van der Waals surface area contributed by atoms with Crippen LogP contribution in [0.5, 0.6) is 5.75 Å². The van der Waals surface area contributed by atoms with E-state index < -0.39 is 0 Å². The fraction of sp³-hybridized carbons (Fsp3) is 0.455. The summed E-state index contributed by atoms with van der Waals surface area (Å²) in [4.78, 5) is 2.24. The van der Waals surface area contributed by atoms with Crippen molar-refractivity contribution in [2.75, 3.05) is 25.9 Å². The van der Waals surface area contributed by atoms with E-state index in [9.17, 15) is 0 Å². The highest BCUT2D eigenvalue weighted by Gasteiger charge is 2.21. The molecule has 0 aromatic heterocycles. The predicted molar refractivity (Wildman–Crippen MR) is 62.4 cm³/mol. The summed E-state index contributed by atoms with van der Waals surface area (Å²) in [5.74, 6) is 0.692. The number of nitrogen functional groups attached to an aromatic ring is 1. The monoisotopic (exact) mass is 226 g/mol. The molecule has 3 nitrogen and oxygen atoms in total. The van der Waals surface area contributed by atoms with E-state index in [4.69, 9.17) is 22.1 Å². The van der Waals surface area contributed by atoms with E-state index in [-0.39, 0.29) is 6.10 Å². The third kappa shape index (κ3) is 2.55. The number of likely N-dealkylation sites (N-methyl/N-ethyl adjacent to an activating group) is 1. The average molecular weight is 227 g/mol. The zero-order valence-corrected chi connectivity index (χ0v) is 9.50. The van der Waals surface area contributed by atoms with Crippen LogP contribution in [0.2, 0.25) is 5.02 Å². The molecule has 2 rings (SSSR count). The van der Waals surface area contributed by atoms with Crippen molar-refractivity contribution in [3.05, 3.63) is 23.2 Å². The lowest BCUT2D eigenvalue weighted by atomic mass is 10.3. The van der Waals surface area contributed by atoms with E-state index in [2.05, 4.69) is 11.9 Å². The summed E-state index contributed by atoms with van der Waals surface area (Å²) in [5.41, 5.74) is 6.36. The minimum Gasteiger partial charge on any atom is -0.487 e. The molecule has 0 bridgehead atoms. The number of nitrogens with two attached hydrogens (primary N) is 1. The molecule has 1 atom stereocenters. The van der Waals surface area contributed by atoms with Gasteiger partial charge in [-0.15, -0.1) is 0 Å². The summed E-state index contributed by atoms with van der Waals surface area (Å²) < 4.78 is 5.80. The van der Waals surface area contributed by atoms with E-state index in [0.29, 0.717) is 16.5 Å². The van der Waals surface area contributed by atoms with Crippen molar-refractivity contribution >= 4 is 17.3 Å². The van der Waals surface area contributed by atoms with Crippen LogP contribution in [0.25, 0.3) is 0 Å². The van der Waals surface area contributed by atoms with Crippen molar-refractivity contribution in [2.24, 2.45) is 0 Å². The van der Waals surface area contributed by atoms with Crippen LogP contribution in [-0.2, 0) is 0 Å². The first-order valence-electron chi connectivity index (χ1n) is 5.05. The Bertz CT molecular complexity index is 356. The highest BCUT2D eigenvalue weighted by Crippen LogP contribution is 2.28. The molecule has 0 saturated carbocycles. The quantitative estimate of drug-likeness (QED) is 0.784. The van der Waals surface area contributed by atoms with Gasteiger partial charge < -0.3 is 15.4 Å². The van der Waals surface area contributed by atoms with Gasteiger partial charge in [-0.3, -0.25) is 0 Å². The summed E-state index contributed by atoms with van der Waals surface area (Å²) in [6.07, 6.45) is 1.27. The highest BCUT2D eigenvalue weighted by atomic mass is 35.5. The molecule has 82 valence electrons. The maximum absolute atomic E-state index is 6.02. The maximum Gasteiger partial charge on any atom is 0.140 e. The van der Waals surface area contributed by atoms with Gasteiger partial charge in [-0.2, -0.15) is 0 Å². The summed E-state index contributed by atoms with van der Waals surface area (Å²) in [6, 6.07) is 5.32. The number of nitrogens with zero attached hydrogens (tertiary/aromatic N) is 1. The second-order valence-electron chi connectivity index (χ2n) is 3.98. The Balaban J connectivity index is 2.07. The first kappa shape index (κ1) is 10.6. The minimum atomic E-state index is 0.231. The van der Waals surface area contributed by atoms with Crippen molar-refractivity contribution in [1.82, 2.24) is 4.90 Å². The van der Waals surface area contributed by atoms with Crippen LogP contribution in [0.4, 0.5) is 5.69 Å². The van der Waals surface area contributed by atoms with Crippen molar-refractivity contribution < 1.29 is 4.74 Å². The molecule has 1 aromatic rings. The predicted octanol–water partition coefficient (Wildman–Crippen LogP) is 2.01. The van der Waals surface area contributed by atoms with Crippen molar-refractivity contribution in [3.8, 4) is 5.75 Å². The fourth-order valence-electron chi connectivity index (χ4n) is 1.78. The van der Waals surface area contributed by atoms with Gasteiger partial charge >= 0.3 is 0 Å². The molecular weight excluding hydrogens is 212 g/mol. The van der Waals surface area contributed by atoms with E-state index in [1.807, 2.05) is 0 Å². The smallest absolute Gasteiger partial charge is 0.140 e. The van der Waals surface area contributed by atoms with Gasteiger partial charge in [0.15, 0.2) is 0 Å². The number of benzene rings is 1. The SMILES string of the molecule is CN1CC[C@@H](Oc2cc(N)ccc2Cl)C1. The number of ether oxygens (including phenoxy) is 1. The second-order valence-corrected chi connectivity index (χ2v) is 4.39. The number of likely N-dealkylation sites (tertiary alicyclic amines) is 1. The van der Waals surface area contributed by atoms with Crippen LogP contribution in [0, 0.1) is 0 Å². The van der Waals surface area contributed by atoms with Gasteiger partial charge in [-0.1, -0.05) is 11.6 Å². The first-order valence-corrected chi connectivity index (χ1v) is 5.43. The second kappa shape index (κ2) is 4.29. The first-order chi connectivity index (χ1) is 7.15. The molecule has 1 heterocycles. The van der Waals surface area contributed by atoms with E-state index >= 15 is 0 Å². The van der Waals surface area contributed by atoms with Crippen LogP contribution in [0.3, 0.4) is 0 Å². The molecule has 0 amide bonds. The molecule has 0 unspecified atom stereocenters. The topological polar surface area (TPSA) is 38.5 Å². The van der Waals surface area contributed by atoms with Crippen molar-refractivity contribution in [2.45, 2.75) is 12.5 Å². The lowest BCUT2D eigenvalue weighted by Gasteiger charge is -2.15. The Labute approximate surface area is 94.8 Å².